The Kier molecular flexibility index (Phi) is 9.66. The zero-order chi connectivity index (χ0) is 20.4. The SMILES string of the molecule is CCCCCCCc1cc(N=C(N)C2=C(C)CCCCCCCC2)n(C)c1N. The van der Waals surface area contributed by atoms with Crippen molar-refractivity contribution in [3.8, 4) is 0 Å². The third-order valence-corrected chi connectivity index (χ3v) is 6.17. The summed E-state index contributed by atoms with van der Waals surface area (Å²) in [4.78, 5) is 4.82. The van der Waals surface area contributed by atoms with E-state index in [1.165, 1.54) is 87.3 Å². The van der Waals surface area contributed by atoms with Crippen molar-refractivity contribution < 1.29 is 0 Å². The lowest BCUT2D eigenvalue weighted by Crippen LogP contribution is -2.17. The zero-order valence-corrected chi connectivity index (χ0v) is 18.5. The molecule has 4 N–H and O–H groups in total. The number of unbranched alkanes of at least 4 members (excludes halogenated alkanes) is 4. The van der Waals surface area contributed by atoms with Crippen molar-refractivity contribution in [2.75, 3.05) is 5.73 Å². The van der Waals surface area contributed by atoms with E-state index in [1.807, 2.05) is 11.6 Å². The van der Waals surface area contributed by atoms with Gasteiger partial charge < -0.3 is 16.0 Å². The first-order chi connectivity index (χ1) is 13.5. The molecule has 1 aromatic rings. The van der Waals surface area contributed by atoms with Crippen LogP contribution in [0.15, 0.2) is 22.2 Å². The molecular weight excluding hydrogens is 344 g/mol. The van der Waals surface area contributed by atoms with Gasteiger partial charge in [0.05, 0.1) is 0 Å². The fraction of sp³-hybridized carbons (Fsp3) is 0.708. The predicted octanol–water partition coefficient (Wildman–Crippen LogP) is 6.56. The molecular formula is C24H42N4. The van der Waals surface area contributed by atoms with E-state index < -0.39 is 0 Å². The standard InChI is InChI=1S/C24H42N4/c1-4-5-6-9-13-16-20-18-22(28(3)24(20)26)27-23(25)21-17-14-11-8-7-10-12-15-19(21)2/h18H,4-17,26H2,1-3H3,(H2,25,27). The van der Waals surface area contributed by atoms with Gasteiger partial charge in [0.15, 0.2) is 0 Å². The van der Waals surface area contributed by atoms with Crippen LogP contribution in [0.25, 0.3) is 0 Å². The predicted molar refractivity (Wildman–Crippen MR) is 123 cm³/mol. The second kappa shape index (κ2) is 12.0. The Hall–Kier alpha value is -1.71. The third-order valence-electron chi connectivity index (χ3n) is 6.17. The molecule has 1 aromatic heterocycles. The molecule has 0 fully saturated rings. The molecule has 0 amide bonds. The number of nitrogens with zero attached hydrogens (tertiary/aromatic N) is 2. The van der Waals surface area contributed by atoms with Crippen molar-refractivity contribution in [3.63, 3.8) is 0 Å². The van der Waals surface area contributed by atoms with Gasteiger partial charge in [0.2, 0.25) is 0 Å². The fourth-order valence-electron chi connectivity index (χ4n) is 4.19. The highest BCUT2D eigenvalue weighted by atomic mass is 15.1. The number of aliphatic imine (C=N–C) groups is 1. The first-order valence-electron chi connectivity index (χ1n) is 11.5. The highest BCUT2D eigenvalue weighted by Crippen LogP contribution is 2.28. The Morgan fingerprint density at radius 2 is 1.64 bits per heavy atom. The van der Waals surface area contributed by atoms with Crippen molar-refractivity contribution in [2.24, 2.45) is 17.8 Å². The van der Waals surface area contributed by atoms with Crippen LogP contribution in [0.3, 0.4) is 0 Å². The summed E-state index contributed by atoms with van der Waals surface area (Å²) < 4.78 is 1.99. The number of amidine groups is 1. The van der Waals surface area contributed by atoms with E-state index in [0.29, 0.717) is 5.84 Å². The maximum absolute atomic E-state index is 6.50. The van der Waals surface area contributed by atoms with Crippen molar-refractivity contribution in [1.29, 1.82) is 0 Å². The van der Waals surface area contributed by atoms with E-state index >= 15 is 0 Å². The molecule has 0 saturated carbocycles. The van der Waals surface area contributed by atoms with E-state index in [0.717, 1.165) is 30.9 Å². The smallest absolute Gasteiger partial charge is 0.136 e. The summed E-state index contributed by atoms with van der Waals surface area (Å²) in [6.45, 7) is 4.49. The van der Waals surface area contributed by atoms with E-state index in [9.17, 15) is 0 Å². The summed E-state index contributed by atoms with van der Waals surface area (Å²) >= 11 is 0. The minimum atomic E-state index is 0.688. The number of aromatic nitrogens is 1. The molecule has 28 heavy (non-hydrogen) atoms. The monoisotopic (exact) mass is 386 g/mol. The lowest BCUT2D eigenvalue weighted by atomic mass is 9.94. The van der Waals surface area contributed by atoms with Gasteiger partial charge in [-0.2, -0.15) is 0 Å². The minimum absolute atomic E-state index is 0.688. The Balaban J connectivity index is 2.12. The van der Waals surface area contributed by atoms with Crippen LogP contribution in [0.2, 0.25) is 0 Å². The lowest BCUT2D eigenvalue weighted by Gasteiger charge is -2.14. The summed E-state index contributed by atoms with van der Waals surface area (Å²) in [6, 6.07) is 2.14. The van der Waals surface area contributed by atoms with Crippen LogP contribution in [0, 0.1) is 0 Å². The molecule has 1 heterocycles. The Morgan fingerprint density at radius 3 is 2.36 bits per heavy atom. The zero-order valence-electron chi connectivity index (χ0n) is 18.5. The van der Waals surface area contributed by atoms with E-state index in [-0.39, 0.29) is 0 Å². The Labute approximate surface area is 172 Å². The quantitative estimate of drug-likeness (QED) is 0.302. The van der Waals surface area contributed by atoms with Crippen LogP contribution in [-0.4, -0.2) is 10.4 Å². The number of nitrogens with two attached hydrogens (primary N) is 2. The van der Waals surface area contributed by atoms with Crippen LogP contribution < -0.4 is 11.5 Å². The topological polar surface area (TPSA) is 69.3 Å². The third kappa shape index (κ3) is 6.72. The van der Waals surface area contributed by atoms with Gasteiger partial charge in [0.25, 0.3) is 0 Å². The van der Waals surface area contributed by atoms with Crippen molar-refractivity contribution in [3.05, 3.63) is 22.8 Å². The number of hydrogen-bond donors (Lipinski definition) is 2. The number of allylic oxidation sites excluding steroid dienone is 1. The number of hydrogen-bond acceptors (Lipinski definition) is 2. The van der Waals surface area contributed by atoms with Crippen LogP contribution in [-0.2, 0) is 13.5 Å². The first kappa shape index (κ1) is 22.6. The van der Waals surface area contributed by atoms with Crippen molar-refractivity contribution in [1.82, 2.24) is 4.57 Å². The number of nitrogen functional groups attached to an aromatic ring is 1. The molecule has 158 valence electrons. The number of anilines is 1. The highest BCUT2D eigenvalue weighted by Gasteiger charge is 2.13. The molecule has 0 spiro atoms. The molecule has 1 aliphatic rings. The second-order valence-electron chi connectivity index (χ2n) is 8.51. The lowest BCUT2D eigenvalue weighted by molar-refractivity contribution is 0.582. The average molecular weight is 387 g/mol. The van der Waals surface area contributed by atoms with Crippen LogP contribution in [0.1, 0.15) is 103 Å². The minimum Gasteiger partial charge on any atom is -0.385 e. The van der Waals surface area contributed by atoms with Crippen molar-refractivity contribution >= 4 is 17.5 Å². The summed E-state index contributed by atoms with van der Waals surface area (Å²) in [6.07, 6.45) is 17.4. The normalized spacial score (nSPS) is 17.2. The Morgan fingerprint density at radius 1 is 1.00 bits per heavy atom. The summed E-state index contributed by atoms with van der Waals surface area (Å²) in [5.74, 6) is 2.41. The van der Waals surface area contributed by atoms with Crippen molar-refractivity contribution in [2.45, 2.75) is 104 Å². The number of aryl methyl sites for hydroxylation is 1. The van der Waals surface area contributed by atoms with Crippen LogP contribution >= 0.6 is 0 Å². The molecule has 4 nitrogen and oxygen atoms in total. The van der Waals surface area contributed by atoms with Gasteiger partial charge in [-0.1, -0.05) is 63.9 Å². The first-order valence-corrected chi connectivity index (χ1v) is 11.5. The van der Waals surface area contributed by atoms with Gasteiger partial charge >= 0.3 is 0 Å². The van der Waals surface area contributed by atoms with Gasteiger partial charge in [0.1, 0.15) is 17.5 Å². The molecule has 0 bridgehead atoms. The summed E-state index contributed by atoms with van der Waals surface area (Å²) in [5, 5.41) is 0. The molecule has 0 saturated heterocycles. The largest absolute Gasteiger partial charge is 0.385 e. The van der Waals surface area contributed by atoms with Crippen LogP contribution in [0.4, 0.5) is 11.6 Å². The number of rotatable bonds is 8. The second-order valence-corrected chi connectivity index (χ2v) is 8.51. The maximum atomic E-state index is 6.50. The van der Waals surface area contributed by atoms with E-state index in [1.54, 1.807) is 0 Å². The van der Waals surface area contributed by atoms with Gasteiger partial charge in [-0.3, -0.25) is 0 Å². The fourth-order valence-corrected chi connectivity index (χ4v) is 4.19. The molecule has 0 unspecified atom stereocenters. The summed E-state index contributed by atoms with van der Waals surface area (Å²) in [5.41, 5.74) is 16.7. The molecule has 2 rings (SSSR count). The molecule has 0 aromatic carbocycles. The van der Waals surface area contributed by atoms with Crippen LogP contribution in [0.5, 0.6) is 0 Å². The van der Waals surface area contributed by atoms with E-state index in [2.05, 4.69) is 19.9 Å². The summed E-state index contributed by atoms with van der Waals surface area (Å²) in [7, 11) is 2.00. The molecule has 0 atom stereocenters. The molecule has 0 radical (unpaired) electrons. The van der Waals surface area contributed by atoms with Gasteiger partial charge in [-0.25, -0.2) is 4.99 Å². The maximum Gasteiger partial charge on any atom is 0.136 e. The van der Waals surface area contributed by atoms with E-state index in [4.69, 9.17) is 16.5 Å². The Bertz CT molecular complexity index is 666. The molecule has 0 aliphatic heterocycles. The average Bonchev–Trinajstić information content (AvgIpc) is 2.94. The van der Waals surface area contributed by atoms with Gasteiger partial charge in [-0.05, 0) is 62.7 Å². The van der Waals surface area contributed by atoms with Gasteiger partial charge in [0, 0.05) is 7.05 Å². The highest BCUT2D eigenvalue weighted by molar-refractivity contribution is 5.99. The molecule has 1 aliphatic carbocycles. The molecule has 4 heteroatoms. The van der Waals surface area contributed by atoms with Gasteiger partial charge in [-0.15, -0.1) is 0 Å².